The third-order valence-corrected chi connectivity index (χ3v) is 2.90. The summed E-state index contributed by atoms with van der Waals surface area (Å²) in [5.41, 5.74) is 1.33. The minimum Gasteiger partial charge on any atom is -0.352 e. The van der Waals surface area contributed by atoms with E-state index in [1.165, 1.54) is 13.8 Å². The number of amides is 3. The van der Waals surface area contributed by atoms with Gasteiger partial charge in [-0.25, -0.2) is 0 Å². The van der Waals surface area contributed by atoms with Crippen molar-refractivity contribution in [1.82, 2.24) is 5.32 Å². The highest BCUT2D eigenvalue weighted by atomic mass is 16.2. The molecule has 0 heterocycles. The maximum absolute atomic E-state index is 12.1. The van der Waals surface area contributed by atoms with Crippen LogP contribution in [0.2, 0.25) is 0 Å². The van der Waals surface area contributed by atoms with E-state index >= 15 is 0 Å². The lowest BCUT2D eigenvalue weighted by molar-refractivity contribution is -0.115. The summed E-state index contributed by atoms with van der Waals surface area (Å²) in [4.78, 5) is 34.5. The first-order valence-corrected chi connectivity index (χ1v) is 7.41. The van der Waals surface area contributed by atoms with E-state index in [-0.39, 0.29) is 17.7 Å². The van der Waals surface area contributed by atoms with Crippen LogP contribution in [-0.4, -0.2) is 24.3 Å². The molecular formula is C16H23N3O3. The number of unbranched alkanes of at least 4 members (excludes halogenated alkanes) is 2. The first kappa shape index (κ1) is 17.7. The number of hydrogen-bond donors (Lipinski definition) is 3. The van der Waals surface area contributed by atoms with Crippen LogP contribution >= 0.6 is 0 Å². The van der Waals surface area contributed by atoms with E-state index in [0.717, 1.165) is 19.3 Å². The van der Waals surface area contributed by atoms with E-state index < -0.39 is 0 Å². The molecule has 1 rings (SSSR count). The largest absolute Gasteiger partial charge is 0.352 e. The molecule has 0 aromatic heterocycles. The summed E-state index contributed by atoms with van der Waals surface area (Å²) in [5.74, 6) is -0.710. The van der Waals surface area contributed by atoms with E-state index in [0.29, 0.717) is 23.5 Å². The Hall–Kier alpha value is -2.37. The number of rotatable bonds is 7. The van der Waals surface area contributed by atoms with Gasteiger partial charge in [-0.1, -0.05) is 19.8 Å². The maximum Gasteiger partial charge on any atom is 0.251 e. The third kappa shape index (κ3) is 6.39. The zero-order valence-corrected chi connectivity index (χ0v) is 13.3. The van der Waals surface area contributed by atoms with Gasteiger partial charge < -0.3 is 16.0 Å². The van der Waals surface area contributed by atoms with Gasteiger partial charge in [0, 0.05) is 37.3 Å². The zero-order chi connectivity index (χ0) is 16.5. The normalized spacial score (nSPS) is 9.95. The fourth-order valence-electron chi connectivity index (χ4n) is 1.99. The van der Waals surface area contributed by atoms with Crippen molar-refractivity contribution in [2.75, 3.05) is 17.2 Å². The monoisotopic (exact) mass is 305 g/mol. The summed E-state index contributed by atoms with van der Waals surface area (Å²) >= 11 is 0. The van der Waals surface area contributed by atoms with Crippen molar-refractivity contribution in [1.29, 1.82) is 0 Å². The molecule has 6 nitrogen and oxygen atoms in total. The second kappa shape index (κ2) is 8.81. The van der Waals surface area contributed by atoms with Crippen LogP contribution < -0.4 is 16.0 Å². The molecule has 3 amide bonds. The highest BCUT2D eigenvalue weighted by Crippen LogP contribution is 2.19. The molecule has 0 aliphatic heterocycles. The van der Waals surface area contributed by atoms with Crippen LogP contribution in [0.15, 0.2) is 18.2 Å². The molecule has 0 aliphatic rings. The maximum atomic E-state index is 12.1. The van der Waals surface area contributed by atoms with Gasteiger partial charge in [-0.3, -0.25) is 14.4 Å². The predicted octanol–water partition coefficient (Wildman–Crippen LogP) is 2.52. The molecule has 0 spiro atoms. The summed E-state index contributed by atoms with van der Waals surface area (Å²) in [7, 11) is 0. The van der Waals surface area contributed by atoms with Crippen molar-refractivity contribution >= 4 is 29.1 Å². The van der Waals surface area contributed by atoms with Gasteiger partial charge in [0.1, 0.15) is 0 Å². The van der Waals surface area contributed by atoms with Gasteiger partial charge >= 0.3 is 0 Å². The SMILES string of the molecule is CCCCCNC(=O)c1cc(NC(C)=O)cc(NC(C)=O)c1. The van der Waals surface area contributed by atoms with Crippen molar-refractivity contribution < 1.29 is 14.4 Å². The van der Waals surface area contributed by atoms with Gasteiger partial charge in [-0.15, -0.1) is 0 Å². The van der Waals surface area contributed by atoms with Gasteiger partial charge in [-0.05, 0) is 24.6 Å². The lowest BCUT2D eigenvalue weighted by atomic mass is 10.1. The lowest BCUT2D eigenvalue weighted by Crippen LogP contribution is -2.24. The number of benzene rings is 1. The molecule has 120 valence electrons. The highest BCUT2D eigenvalue weighted by Gasteiger charge is 2.10. The van der Waals surface area contributed by atoms with Gasteiger partial charge in [-0.2, -0.15) is 0 Å². The fraction of sp³-hybridized carbons (Fsp3) is 0.438. The van der Waals surface area contributed by atoms with Crippen LogP contribution in [0.3, 0.4) is 0 Å². The Balaban J connectivity index is 2.88. The second-order valence-corrected chi connectivity index (χ2v) is 5.12. The van der Waals surface area contributed by atoms with Gasteiger partial charge in [0.2, 0.25) is 11.8 Å². The van der Waals surface area contributed by atoms with Crippen molar-refractivity contribution in [2.45, 2.75) is 40.0 Å². The second-order valence-electron chi connectivity index (χ2n) is 5.12. The molecule has 1 aromatic rings. The molecule has 0 saturated heterocycles. The minimum absolute atomic E-state index is 0.227. The average molecular weight is 305 g/mol. The minimum atomic E-state index is -0.241. The highest BCUT2D eigenvalue weighted by molar-refractivity contribution is 5.99. The quantitative estimate of drug-likeness (QED) is 0.676. The Labute approximate surface area is 130 Å². The Bertz CT molecular complexity index is 521. The summed E-state index contributed by atoms with van der Waals surface area (Å²) in [6.45, 7) is 5.47. The third-order valence-electron chi connectivity index (χ3n) is 2.90. The summed E-state index contributed by atoms with van der Waals surface area (Å²) < 4.78 is 0. The molecule has 3 N–H and O–H groups in total. The molecular weight excluding hydrogens is 282 g/mol. The van der Waals surface area contributed by atoms with Crippen LogP contribution in [-0.2, 0) is 9.59 Å². The van der Waals surface area contributed by atoms with Gasteiger partial charge in [0.15, 0.2) is 0 Å². The van der Waals surface area contributed by atoms with E-state index in [4.69, 9.17) is 0 Å². The molecule has 0 bridgehead atoms. The zero-order valence-electron chi connectivity index (χ0n) is 13.3. The van der Waals surface area contributed by atoms with Crippen LogP contribution in [0.25, 0.3) is 0 Å². The van der Waals surface area contributed by atoms with E-state index in [1.54, 1.807) is 18.2 Å². The molecule has 22 heavy (non-hydrogen) atoms. The smallest absolute Gasteiger partial charge is 0.251 e. The van der Waals surface area contributed by atoms with E-state index in [2.05, 4.69) is 22.9 Å². The summed E-state index contributed by atoms with van der Waals surface area (Å²) in [6, 6.07) is 4.78. The molecule has 0 radical (unpaired) electrons. The molecule has 0 fully saturated rings. The first-order chi connectivity index (χ1) is 10.4. The topological polar surface area (TPSA) is 87.3 Å². The standard InChI is InChI=1S/C16H23N3O3/c1-4-5-6-7-17-16(22)13-8-14(18-11(2)20)10-15(9-13)19-12(3)21/h8-10H,4-7H2,1-3H3,(H,17,22)(H,18,20)(H,19,21). The van der Waals surface area contributed by atoms with E-state index in [9.17, 15) is 14.4 Å². The van der Waals surface area contributed by atoms with Crippen molar-refractivity contribution in [3.8, 4) is 0 Å². The molecule has 1 aromatic carbocycles. The molecule has 6 heteroatoms. The summed E-state index contributed by atoms with van der Waals surface area (Å²) in [6.07, 6.45) is 3.07. The van der Waals surface area contributed by atoms with Crippen molar-refractivity contribution in [3.63, 3.8) is 0 Å². The Kier molecular flexibility index (Phi) is 7.08. The molecule has 0 unspecified atom stereocenters. The van der Waals surface area contributed by atoms with Crippen LogP contribution in [0.4, 0.5) is 11.4 Å². The molecule has 0 saturated carbocycles. The number of nitrogens with one attached hydrogen (secondary N) is 3. The van der Waals surface area contributed by atoms with Crippen molar-refractivity contribution in [3.05, 3.63) is 23.8 Å². The van der Waals surface area contributed by atoms with Crippen LogP contribution in [0.1, 0.15) is 50.4 Å². The Morgan fingerprint density at radius 2 is 1.45 bits per heavy atom. The van der Waals surface area contributed by atoms with Gasteiger partial charge in [0.05, 0.1) is 0 Å². The fourth-order valence-corrected chi connectivity index (χ4v) is 1.99. The van der Waals surface area contributed by atoms with Crippen LogP contribution in [0, 0.1) is 0 Å². The number of carbonyl (C=O) groups is 3. The molecule has 0 atom stereocenters. The lowest BCUT2D eigenvalue weighted by Gasteiger charge is -2.11. The Morgan fingerprint density at radius 1 is 0.909 bits per heavy atom. The predicted molar refractivity (Wildman–Crippen MR) is 86.9 cm³/mol. The molecule has 0 aliphatic carbocycles. The van der Waals surface area contributed by atoms with Crippen molar-refractivity contribution in [2.24, 2.45) is 0 Å². The Morgan fingerprint density at radius 3 is 1.91 bits per heavy atom. The van der Waals surface area contributed by atoms with Crippen LogP contribution in [0.5, 0.6) is 0 Å². The summed E-state index contributed by atoms with van der Waals surface area (Å²) in [5, 5.41) is 8.07. The number of hydrogen-bond acceptors (Lipinski definition) is 3. The first-order valence-electron chi connectivity index (χ1n) is 7.41. The van der Waals surface area contributed by atoms with E-state index in [1.807, 2.05) is 0 Å². The average Bonchev–Trinajstić information content (AvgIpc) is 2.41. The number of carbonyl (C=O) groups excluding carboxylic acids is 3. The van der Waals surface area contributed by atoms with Gasteiger partial charge in [0.25, 0.3) is 5.91 Å². The number of anilines is 2.